The third kappa shape index (κ3) is 3.66. The first-order chi connectivity index (χ1) is 9.04. The van der Waals surface area contributed by atoms with Gasteiger partial charge in [0.2, 0.25) is 0 Å². The second kappa shape index (κ2) is 5.67. The quantitative estimate of drug-likeness (QED) is 0.805. The van der Waals surface area contributed by atoms with Crippen LogP contribution in [0, 0.1) is 6.92 Å². The van der Waals surface area contributed by atoms with Crippen molar-refractivity contribution in [1.82, 2.24) is 14.9 Å². The van der Waals surface area contributed by atoms with E-state index in [0.29, 0.717) is 6.54 Å². The molecule has 0 aliphatic carbocycles. The number of aromatic nitrogens is 2. The molecule has 0 amide bonds. The van der Waals surface area contributed by atoms with Crippen LogP contribution in [0.5, 0.6) is 0 Å². The summed E-state index contributed by atoms with van der Waals surface area (Å²) in [4.78, 5) is 20.0. The normalized spacial score (nSPS) is 11.7. The summed E-state index contributed by atoms with van der Waals surface area (Å²) in [5, 5.41) is 8.52. The van der Waals surface area contributed by atoms with Crippen molar-refractivity contribution in [2.75, 3.05) is 13.6 Å². The zero-order valence-corrected chi connectivity index (χ0v) is 11.1. The number of hydrogen-bond donors (Lipinski definition) is 2. The van der Waals surface area contributed by atoms with E-state index in [1.807, 2.05) is 31.0 Å². The minimum atomic E-state index is -0.914. The Kier molecular flexibility index (Phi) is 3.97. The van der Waals surface area contributed by atoms with E-state index in [1.165, 1.54) is 5.56 Å². The number of H-pyrrole nitrogens is 1. The van der Waals surface area contributed by atoms with Gasteiger partial charge < -0.3 is 10.1 Å². The Balaban J connectivity index is 2.02. The second-order valence-electron chi connectivity index (χ2n) is 4.61. The summed E-state index contributed by atoms with van der Waals surface area (Å²) < 4.78 is 0. The van der Waals surface area contributed by atoms with Crippen LogP contribution in [0.2, 0.25) is 0 Å². The summed E-state index contributed by atoms with van der Waals surface area (Å²) in [5.41, 5.74) is 3.17. The van der Waals surface area contributed by atoms with Crippen molar-refractivity contribution in [2.24, 2.45) is 0 Å². The van der Waals surface area contributed by atoms with Gasteiger partial charge in [-0.3, -0.25) is 4.90 Å². The fraction of sp³-hybridized carbons (Fsp3) is 0.286. The number of carbonyl (C=O) groups is 1. The van der Waals surface area contributed by atoms with Gasteiger partial charge in [-0.25, -0.2) is 9.78 Å². The summed E-state index contributed by atoms with van der Waals surface area (Å²) in [6.45, 7) is 3.30. The van der Waals surface area contributed by atoms with Crippen LogP contribution in [0.25, 0.3) is 11.0 Å². The number of hydrogen-bond acceptors (Lipinski definition) is 3. The van der Waals surface area contributed by atoms with E-state index in [1.54, 1.807) is 6.08 Å². The van der Waals surface area contributed by atoms with E-state index in [9.17, 15) is 4.79 Å². The number of nitrogens with one attached hydrogen (secondary N) is 1. The number of rotatable bonds is 5. The van der Waals surface area contributed by atoms with Crippen molar-refractivity contribution in [1.29, 1.82) is 0 Å². The minimum absolute atomic E-state index is 0.604. The zero-order chi connectivity index (χ0) is 13.8. The molecule has 0 fully saturated rings. The largest absolute Gasteiger partial charge is 0.478 e. The lowest BCUT2D eigenvalue weighted by Crippen LogP contribution is -2.17. The standard InChI is InChI=1S/C14H17N3O2/c1-10-15-12-6-5-11(8-13(12)16-10)9-17(2)7-3-4-14(18)19/h3-6,8H,7,9H2,1-2H3,(H,15,16)(H,18,19)/b4-3+. The predicted molar refractivity (Wildman–Crippen MR) is 73.9 cm³/mol. The predicted octanol–water partition coefficient (Wildman–Crippen LogP) is 1.94. The summed E-state index contributed by atoms with van der Waals surface area (Å²) in [6.07, 6.45) is 2.80. The molecule has 0 bridgehead atoms. The third-order valence-corrected chi connectivity index (χ3v) is 2.79. The maximum atomic E-state index is 10.4. The molecular formula is C14H17N3O2. The van der Waals surface area contributed by atoms with E-state index in [4.69, 9.17) is 5.11 Å². The average Bonchev–Trinajstić information content (AvgIpc) is 2.67. The topological polar surface area (TPSA) is 69.2 Å². The highest BCUT2D eigenvalue weighted by Crippen LogP contribution is 2.14. The number of aromatic amines is 1. The number of nitrogens with zero attached hydrogens (tertiary/aromatic N) is 2. The summed E-state index contributed by atoms with van der Waals surface area (Å²) in [5.74, 6) is -0.00680. The molecule has 2 aromatic rings. The molecule has 0 radical (unpaired) electrons. The van der Waals surface area contributed by atoms with Gasteiger partial charge in [0.15, 0.2) is 0 Å². The van der Waals surface area contributed by atoms with Gasteiger partial charge in [-0.2, -0.15) is 0 Å². The Morgan fingerprint density at radius 3 is 3.05 bits per heavy atom. The number of benzene rings is 1. The monoisotopic (exact) mass is 259 g/mol. The first kappa shape index (κ1) is 13.3. The molecule has 1 heterocycles. The number of aliphatic carboxylic acids is 1. The summed E-state index contributed by atoms with van der Waals surface area (Å²) >= 11 is 0. The maximum Gasteiger partial charge on any atom is 0.328 e. The van der Waals surface area contributed by atoms with Crippen LogP contribution in [0.4, 0.5) is 0 Å². The van der Waals surface area contributed by atoms with Gasteiger partial charge in [0.05, 0.1) is 11.0 Å². The first-order valence-corrected chi connectivity index (χ1v) is 6.08. The van der Waals surface area contributed by atoms with Crippen LogP contribution in [0.3, 0.4) is 0 Å². The van der Waals surface area contributed by atoms with Crippen molar-refractivity contribution < 1.29 is 9.90 Å². The van der Waals surface area contributed by atoms with E-state index >= 15 is 0 Å². The number of aryl methyl sites for hydroxylation is 1. The molecule has 0 aliphatic rings. The first-order valence-electron chi connectivity index (χ1n) is 6.08. The molecule has 0 saturated heterocycles. The molecule has 0 atom stereocenters. The van der Waals surface area contributed by atoms with Gasteiger partial charge in [-0.1, -0.05) is 12.1 Å². The lowest BCUT2D eigenvalue weighted by Gasteiger charge is -2.14. The lowest BCUT2D eigenvalue weighted by molar-refractivity contribution is -0.131. The third-order valence-electron chi connectivity index (χ3n) is 2.79. The highest BCUT2D eigenvalue weighted by Gasteiger charge is 2.03. The fourth-order valence-corrected chi connectivity index (χ4v) is 1.99. The Labute approximate surface area is 111 Å². The van der Waals surface area contributed by atoms with E-state index in [0.717, 1.165) is 29.5 Å². The molecule has 1 aromatic heterocycles. The van der Waals surface area contributed by atoms with Crippen LogP contribution < -0.4 is 0 Å². The Bertz CT molecular complexity index is 616. The van der Waals surface area contributed by atoms with Gasteiger partial charge in [0.1, 0.15) is 5.82 Å². The van der Waals surface area contributed by atoms with Crippen molar-refractivity contribution in [3.05, 3.63) is 41.7 Å². The van der Waals surface area contributed by atoms with Crippen LogP contribution in [0.15, 0.2) is 30.4 Å². The molecule has 19 heavy (non-hydrogen) atoms. The van der Waals surface area contributed by atoms with Gasteiger partial charge in [-0.15, -0.1) is 0 Å². The smallest absolute Gasteiger partial charge is 0.328 e. The zero-order valence-electron chi connectivity index (χ0n) is 11.1. The number of carboxylic acids is 1. The van der Waals surface area contributed by atoms with E-state index in [-0.39, 0.29) is 0 Å². The Hall–Kier alpha value is -2.14. The molecule has 5 heteroatoms. The molecule has 0 aliphatic heterocycles. The van der Waals surface area contributed by atoms with E-state index < -0.39 is 5.97 Å². The number of carboxylic acid groups (broad SMARTS) is 1. The molecular weight excluding hydrogens is 242 g/mol. The molecule has 1 aromatic carbocycles. The Morgan fingerprint density at radius 2 is 2.32 bits per heavy atom. The van der Waals surface area contributed by atoms with Crippen LogP contribution in [0.1, 0.15) is 11.4 Å². The number of imidazole rings is 1. The van der Waals surface area contributed by atoms with E-state index in [2.05, 4.69) is 16.0 Å². The molecule has 2 rings (SSSR count). The summed E-state index contributed by atoms with van der Waals surface area (Å²) in [7, 11) is 1.95. The molecule has 0 spiro atoms. The average molecular weight is 259 g/mol. The molecule has 2 N–H and O–H groups in total. The van der Waals surface area contributed by atoms with Gasteiger partial charge in [0.25, 0.3) is 0 Å². The van der Waals surface area contributed by atoms with Crippen LogP contribution >= 0.6 is 0 Å². The number of fused-ring (bicyclic) bond motifs is 1. The minimum Gasteiger partial charge on any atom is -0.478 e. The van der Waals surface area contributed by atoms with Gasteiger partial charge >= 0.3 is 5.97 Å². The Morgan fingerprint density at radius 1 is 1.53 bits per heavy atom. The highest BCUT2D eigenvalue weighted by molar-refractivity contribution is 5.79. The van der Waals surface area contributed by atoms with Gasteiger partial charge in [0, 0.05) is 19.2 Å². The second-order valence-corrected chi connectivity index (χ2v) is 4.61. The number of likely N-dealkylation sites (N-methyl/N-ethyl adjacent to an activating group) is 1. The van der Waals surface area contributed by atoms with Crippen molar-refractivity contribution >= 4 is 17.0 Å². The SMILES string of the molecule is Cc1nc2ccc(CN(C)C/C=C/C(=O)O)cc2[nH]1. The van der Waals surface area contributed by atoms with Crippen molar-refractivity contribution in [2.45, 2.75) is 13.5 Å². The molecule has 5 nitrogen and oxygen atoms in total. The van der Waals surface area contributed by atoms with Crippen molar-refractivity contribution in [3.8, 4) is 0 Å². The molecule has 100 valence electrons. The lowest BCUT2D eigenvalue weighted by atomic mass is 10.2. The highest BCUT2D eigenvalue weighted by atomic mass is 16.4. The molecule has 0 unspecified atom stereocenters. The van der Waals surface area contributed by atoms with Gasteiger partial charge in [-0.05, 0) is 31.7 Å². The van der Waals surface area contributed by atoms with Crippen LogP contribution in [-0.4, -0.2) is 39.5 Å². The fourth-order valence-electron chi connectivity index (χ4n) is 1.99. The molecule has 0 saturated carbocycles. The summed E-state index contributed by atoms with van der Waals surface area (Å²) in [6, 6.07) is 6.11. The van der Waals surface area contributed by atoms with Crippen LogP contribution in [-0.2, 0) is 11.3 Å². The maximum absolute atomic E-state index is 10.4. The van der Waals surface area contributed by atoms with Crippen molar-refractivity contribution in [3.63, 3.8) is 0 Å².